The molecule has 1 fully saturated rings. The number of alkyl halides is 2. The quantitative estimate of drug-likeness (QED) is 0.469. The molecule has 0 spiro atoms. The summed E-state index contributed by atoms with van der Waals surface area (Å²) < 4.78 is 30.6. The van der Waals surface area contributed by atoms with Crippen LogP contribution in [0.3, 0.4) is 0 Å². The number of ether oxygens (including phenoxy) is 1. The van der Waals surface area contributed by atoms with Gasteiger partial charge < -0.3 is 21.3 Å². The third-order valence-corrected chi connectivity index (χ3v) is 1.93. The van der Waals surface area contributed by atoms with Gasteiger partial charge in [-0.15, -0.1) is 0 Å². The van der Waals surface area contributed by atoms with Crippen LogP contribution in [-0.2, 0) is 4.74 Å². The van der Waals surface area contributed by atoms with Gasteiger partial charge in [-0.1, -0.05) is 0 Å². The van der Waals surface area contributed by atoms with Gasteiger partial charge in [0.05, 0.1) is 12.6 Å². The van der Waals surface area contributed by atoms with Crippen molar-refractivity contribution in [3.05, 3.63) is 0 Å². The minimum atomic E-state index is -3.34. The Hall–Kier alpha value is -0.300. The highest BCUT2D eigenvalue weighted by molar-refractivity contribution is 4.95. The summed E-state index contributed by atoms with van der Waals surface area (Å²) in [4.78, 5) is 0. The lowest BCUT2D eigenvalue weighted by molar-refractivity contribution is -0.231. The number of nitrogens with two attached hydrogens (primary N) is 2. The monoisotopic (exact) mass is 182 g/mol. The van der Waals surface area contributed by atoms with Gasteiger partial charge in [0.1, 0.15) is 12.2 Å². The van der Waals surface area contributed by atoms with Crippen LogP contribution >= 0.6 is 0 Å². The first-order chi connectivity index (χ1) is 5.50. The van der Waals surface area contributed by atoms with Crippen molar-refractivity contribution in [1.29, 1.82) is 0 Å². The zero-order valence-electron chi connectivity index (χ0n) is 6.41. The SMILES string of the molecule is NCC1OCC(N)C(O)C1(F)F. The molecule has 72 valence electrons. The van der Waals surface area contributed by atoms with E-state index in [1.807, 2.05) is 0 Å². The van der Waals surface area contributed by atoms with E-state index >= 15 is 0 Å². The van der Waals surface area contributed by atoms with Crippen molar-refractivity contribution >= 4 is 0 Å². The topological polar surface area (TPSA) is 81.5 Å². The highest BCUT2D eigenvalue weighted by Crippen LogP contribution is 2.30. The maximum atomic E-state index is 13.0. The summed E-state index contributed by atoms with van der Waals surface area (Å²) in [7, 11) is 0. The van der Waals surface area contributed by atoms with Gasteiger partial charge in [0.15, 0.2) is 0 Å². The second-order valence-electron chi connectivity index (χ2n) is 2.84. The largest absolute Gasteiger partial charge is 0.385 e. The fourth-order valence-electron chi connectivity index (χ4n) is 1.13. The van der Waals surface area contributed by atoms with E-state index < -0.39 is 24.2 Å². The Bertz CT molecular complexity index is 164. The van der Waals surface area contributed by atoms with E-state index in [9.17, 15) is 8.78 Å². The number of hydrogen-bond acceptors (Lipinski definition) is 4. The molecule has 0 aliphatic carbocycles. The van der Waals surface area contributed by atoms with Gasteiger partial charge in [0.25, 0.3) is 0 Å². The smallest absolute Gasteiger partial charge is 0.301 e. The predicted octanol–water partition coefficient (Wildman–Crippen LogP) is -1.33. The molecule has 0 aromatic rings. The van der Waals surface area contributed by atoms with Gasteiger partial charge in [-0.3, -0.25) is 0 Å². The highest BCUT2D eigenvalue weighted by atomic mass is 19.3. The van der Waals surface area contributed by atoms with Crippen LogP contribution in [0.4, 0.5) is 8.78 Å². The van der Waals surface area contributed by atoms with Crippen LogP contribution in [0.1, 0.15) is 0 Å². The number of hydrogen-bond donors (Lipinski definition) is 3. The summed E-state index contributed by atoms with van der Waals surface area (Å²) in [5.41, 5.74) is 10.2. The van der Waals surface area contributed by atoms with E-state index in [0.29, 0.717) is 0 Å². The molecule has 1 aliphatic rings. The van der Waals surface area contributed by atoms with Crippen LogP contribution in [0.5, 0.6) is 0 Å². The summed E-state index contributed by atoms with van der Waals surface area (Å²) in [5, 5.41) is 9.00. The molecular formula is C6H12F2N2O2. The van der Waals surface area contributed by atoms with Crippen molar-refractivity contribution in [2.75, 3.05) is 13.2 Å². The number of rotatable bonds is 1. The van der Waals surface area contributed by atoms with Crippen LogP contribution < -0.4 is 11.5 Å². The molecule has 4 nitrogen and oxygen atoms in total. The molecule has 0 saturated carbocycles. The lowest BCUT2D eigenvalue weighted by Crippen LogP contribution is -2.62. The molecule has 0 aromatic heterocycles. The molecule has 12 heavy (non-hydrogen) atoms. The summed E-state index contributed by atoms with van der Waals surface area (Å²) in [5.74, 6) is -3.34. The van der Waals surface area contributed by atoms with E-state index in [1.54, 1.807) is 0 Å². The van der Waals surface area contributed by atoms with Gasteiger partial charge in [-0.05, 0) is 0 Å². The zero-order chi connectivity index (χ0) is 9.35. The molecular weight excluding hydrogens is 170 g/mol. The molecule has 0 radical (unpaired) electrons. The normalized spacial score (nSPS) is 41.2. The number of aliphatic hydroxyl groups excluding tert-OH is 1. The van der Waals surface area contributed by atoms with E-state index in [4.69, 9.17) is 16.6 Å². The second kappa shape index (κ2) is 3.21. The van der Waals surface area contributed by atoms with Crippen molar-refractivity contribution in [2.24, 2.45) is 11.5 Å². The average molecular weight is 182 g/mol. The summed E-state index contributed by atoms with van der Waals surface area (Å²) in [6.45, 7) is -0.407. The van der Waals surface area contributed by atoms with Gasteiger partial charge in [-0.2, -0.15) is 0 Å². The summed E-state index contributed by atoms with van der Waals surface area (Å²) >= 11 is 0. The lowest BCUT2D eigenvalue weighted by atomic mass is 9.98. The van der Waals surface area contributed by atoms with Gasteiger partial charge in [-0.25, -0.2) is 8.78 Å². The van der Waals surface area contributed by atoms with E-state index in [-0.39, 0.29) is 13.2 Å². The maximum Gasteiger partial charge on any atom is 0.301 e. The number of aliphatic hydroxyl groups is 1. The molecule has 0 amide bonds. The Balaban J connectivity index is 2.73. The highest BCUT2D eigenvalue weighted by Gasteiger charge is 2.52. The van der Waals surface area contributed by atoms with Gasteiger partial charge in [0, 0.05) is 6.54 Å². The minimum Gasteiger partial charge on any atom is -0.385 e. The van der Waals surface area contributed by atoms with E-state index in [1.165, 1.54) is 0 Å². The van der Waals surface area contributed by atoms with Crippen LogP contribution in [0.2, 0.25) is 0 Å². The first-order valence-corrected chi connectivity index (χ1v) is 3.63. The average Bonchev–Trinajstić information content (AvgIpc) is 2.01. The minimum absolute atomic E-state index is 0.0847. The Morgan fingerprint density at radius 3 is 2.67 bits per heavy atom. The zero-order valence-corrected chi connectivity index (χ0v) is 6.41. The lowest BCUT2D eigenvalue weighted by Gasteiger charge is -2.37. The number of halogens is 2. The molecule has 3 atom stereocenters. The maximum absolute atomic E-state index is 13.0. The van der Waals surface area contributed by atoms with Crippen molar-refractivity contribution in [3.8, 4) is 0 Å². The summed E-state index contributed by atoms with van der Waals surface area (Å²) in [6.07, 6.45) is -3.29. The Morgan fingerprint density at radius 2 is 2.17 bits per heavy atom. The van der Waals surface area contributed by atoms with Crippen molar-refractivity contribution < 1.29 is 18.6 Å². The van der Waals surface area contributed by atoms with Crippen LogP contribution in [0, 0.1) is 0 Å². The third-order valence-electron chi connectivity index (χ3n) is 1.93. The molecule has 5 N–H and O–H groups in total. The molecule has 1 rings (SSSR count). The Kier molecular flexibility index (Phi) is 2.62. The molecule has 6 heteroatoms. The fourth-order valence-corrected chi connectivity index (χ4v) is 1.13. The van der Waals surface area contributed by atoms with Crippen molar-refractivity contribution in [3.63, 3.8) is 0 Å². The van der Waals surface area contributed by atoms with Crippen LogP contribution in [0.15, 0.2) is 0 Å². The molecule has 1 saturated heterocycles. The summed E-state index contributed by atoms with van der Waals surface area (Å²) in [6, 6.07) is -1.04. The van der Waals surface area contributed by atoms with Crippen molar-refractivity contribution in [1.82, 2.24) is 0 Å². The molecule has 1 heterocycles. The standard InChI is InChI=1S/C6H12F2N2O2/c7-6(8)4(1-9)12-2-3(10)5(6)11/h3-5,11H,1-2,9-10H2. The van der Waals surface area contributed by atoms with Crippen LogP contribution in [0.25, 0.3) is 0 Å². The van der Waals surface area contributed by atoms with Gasteiger partial charge >= 0.3 is 5.92 Å². The molecule has 3 unspecified atom stereocenters. The third kappa shape index (κ3) is 1.42. The molecule has 0 bridgehead atoms. The van der Waals surface area contributed by atoms with Crippen LogP contribution in [-0.4, -0.2) is 42.4 Å². The van der Waals surface area contributed by atoms with E-state index in [0.717, 1.165) is 0 Å². The van der Waals surface area contributed by atoms with Gasteiger partial charge in [0.2, 0.25) is 0 Å². The predicted molar refractivity (Wildman–Crippen MR) is 37.7 cm³/mol. The first-order valence-electron chi connectivity index (χ1n) is 3.63. The van der Waals surface area contributed by atoms with E-state index in [2.05, 4.69) is 4.74 Å². The molecule has 1 aliphatic heterocycles. The molecule has 0 aromatic carbocycles. The van der Waals surface area contributed by atoms with Crippen molar-refractivity contribution in [2.45, 2.75) is 24.2 Å². The Morgan fingerprint density at radius 1 is 1.58 bits per heavy atom. The Labute approximate surface area is 68.5 Å². The fraction of sp³-hybridized carbons (Fsp3) is 1.00. The first kappa shape index (κ1) is 9.79. The second-order valence-corrected chi connectivity index (χ2v) is 2.84.